The van der Waals surface area contributed by atoms with Crippen LogP contribution < -0.4 is 0 Å². The standard InChI is InChI=1S/C16H22N4OS/c1-11(2)15-18-14(10-22-15)16(21)20-6-4-5-13(20)9-19-8-12(3)7-17-19/h7-8,10-11,13H,4-6,9H2,1-3H3/t13-/m1/s1. The minimum atomic E-state index is 0.0644. The third kappa shape index (κ3) is 3.06. The second-order valence-corrected chi connectivity index (χ2v) is 7.15. The Bertz CT molecular complexity index is 661. The fraction of sp³-hybridized carbons (Fsp3) is 0.562. The van der Waals surface area contributed by atoms with E-state index < -0.39 is 0 Å². The molecule has 2 aromatic rings. The van der Waals surface area contributed by atoms with E-state index in [1.54, 1.807) is 11.3 Å². The van der Waals surface area contributed by atoms with Gasteiger partial charge in [-0.2, -0.15) is 5.10 Å². The number of rotatable bonds is 4. The predicted molar refractivity (Wildman–Crippen MR) is 87.2 cm³/mol. The number of hydrogen-bond donors (Lipinski definition) is 0. The first-order valence-electron chi connectivity index (χ1n) is 7.80. The molecule has 3 heterocycles. The number of amides is 1. The number of carbonyl (C=O) groups excluding carboxylic acids is 1. The van der Waals surface area contributed by atoms with Crippen LogP contribution in [0.1, 0.15) is 53.7 Å². The number of carbonyl (C=O) groups is 1. The molecule has 0 saturated carbocycles. The van der Waals surface area contributed by atoms with Gasteiger partial charge in [0.15, 0.2) is 0 Å². The van der Waals surface area contributed by atoms with Crippen LogP contribution in [-0.2, 0) is 6.54 Å². The Morgan fingerprint density at radius 2 is 2.32 bits per heavy atom. The Hall–Kier alpha value is -1.69. The van der Waals surface area contributed by atoms with E-state index >= 15 is 0 Å². The maximum atomic E-state index is 12.7. The van der Waals surface area contributed by atoms with Gasteiger partial charge in [-0.15, -0.1) is 11.3 Å². The van der Waals surface area contributed by atoms with E-state index in [4.69, 9.17) is 0 Å². The van der Waals surface area contributed by atoms with Crippen molar-refractivity contribution in [3.05, 3.63) is 34.0 Å². The van der Waals surface area contributed by atoms with Gasteiger partial charge in [-0.05, 0) is 25.3 Å². The molecule has 1 fully saturated rings. The number of aryl methyl sites for hydroxylation is 1. The Morgan fingerprint density at radius 3 is 2.95 bits per heavy atom. The molecule has 1 atom stereocenters. The van der Waals surface area contributed by atoms with Gasteiger partial charge >= 0.3 is 0 Å². The first kappa shape index (κ1) is 15.2. The van der Waals surface area contributed by atoms with Gasteiger partial charge < -0.3 is 4.90 Å². The summed E-state index contributed by atoms with van der Waals surface area (Å²) in [4.78, 5) is 19.2. The summed E-state index contributed by atoms with van der Waals surface area (Å²) in [5.41, 5.74) is 1.74. The zero-order valence-electron chi connectivity index (χ0n) is 13.3. The molecule has 1 aliphatic rings. The maximum absolute atomic E-state index is 12.7. The molecule has 1 amide bonds. The van der Waals surface area contributed by atoms with Crippen LogP contribution >= 0.6 is 11.3 Å². The Balaban J connectivity index is 1.72. The predicted octanol–water partition coefficient (Wildman–Crippen LogP) is 3.08. The summed E-state index contributed by atoms with van der Waals surface area (Å²) < 4.78 is 1.94. The minimum Gasteiger partial charge on any atom is -0.332 e. The molecule has 0 aromatic carbocycles. The highest BCUT2D eigenvalue weighted by Gasteiger charge is 2.31. The van der Waals surface area contributed by atoms with E-state index in [9.17, 15) is 4.79 Å². The second-order valence-electron chi connectivity index (χ2n) is 6.26. The zero-order valence-corrected chi connectivity index (χ0v) is 14.1. The molecule has 0 radical (unpaired) electrons. The van der Waals surface area contributed by atoms with Crippen molar-refractivity contribution < 1.29 is 4.79 Å². The summed E-state index contributed by atoms with van der Waals surface area (Å²) in [5.74, 6) is 0.433. The monoisotopic (exact) mass is 318 g/mol. The Morgan fingerprint density at radius 1 is 1.50 bits per heavy atom. The lowest BCUT2D eigenvalue weighted by Crippen LogP contribution is -2.38. The summed E-state index contributed by atoms with van der Waals surface area (Å²) in [5, 5.41) is 7.26. The summed E-state index contributed by atoms with van der Waals surface area (Å²) in [7, 11) is 0. The largest absolute Gasteiger partial charge is 0.332 e. The molecule has 5 nitrogen and oxygen atoms in total. The number of thiazole rings is 1. The lowest BCUT2D eigenvalue weighted by molar-refractivity contribution is 0.0716. The van der Waals surface area contributed by atoms with Gasteiger partial charge in [0.1, 0.15) is 5.69 Å². The average Bonchev–Trinajstić information content (AvgIpc) is 3.19. The quantitative estimate of drug-likeness (QED) is 0.870. The molecule has 0 aliphatic carbocycles. The Labute approximate surface area is 135 Å². The molecule has 2 aromatic heterocycles. The van der Waals surface area contributed by atoms with Gasteiger partial charge in [0.2, 0.25) is 0 Å². The minimum absolute atomic E-state index is 0.0644. The summed E-state index contributed by atoms with van der Waals surface area (Å²) in [6.07, 6.45) is 5.97. The highest BCUT2D eigenvalue weighted by molar-refractivity contribution is 7.09. The molecule has 1 saturated heterocycles. The normalized spacial score (nSPS) is 18.4. The van der Waals surface area contributed by atoms with Crippen LogP contribution in [0.3, 0.4) is 0 Å². The SMILES string of the molecule is Cc1cnn(C[C@H]2CCCN2C(=O)c2csc(C(C)C)n2)c1. The van der Waals surface area contributed by atoms with Crippen LogP contribution in [0, 0.1) is 6.92 Å². The van der Waals surface area contributed by atoms with Gasteiger partial charge in [0.25, 0.3) is 5.91 Å². The van der Waals surface area contributed by atoms with Crippen LogP contribution in [0.4, 0.5) is 0 Å². The molecule has 6 heteroatoms. The number of aromatic nitrogens is 3. The van der Waals surface area contributed by atoms with Crippen molar-refractivity contribution >= 4 is 17.2 Å². The van der Waals surface area contributed by atoms with Crippen molar-refractivity contribution in [2.45, 2.75) is 52.1 Å². The summed E-state index contributed by atoms with van der Waals surface area (Å²) >= 11 is 1.58. The van der Waals surface area contributed by atoms with E-state index in [1.807, 2.05) is 34.3 Å². The van der Waals surface area contributed by atoms with Crippen molar-refractivity contribution in [3.63, 3.8) is 0 Å². The lowest BCUT2D eigenvalue weighted by Gasteiger charge is -2.24. The first-order chi connectivity index (χ1) is 10.5. The number of nitrogens with zero attached hydrogens (tertiary/aromatic N) is 4. The van der Waals surface area contributed by atoms with Gasteiger partial charge in [-0.25, -0.2) is 4.98 Å². The molecule has 3 rings (SSSR count). The lowest BCUT2D eigenvalue weighted by atomic mass is 10.2. The molecule has 22 heavy (non-hydrogen) atoms. The summed E-state index contributed by atoms with van der Waals surface area (Å²) in [6, 6.07) is 0.219. The van der Waals surface area contributed by atoms with E-state index in [2.05, 4.69) is 23.9 Å². The van der Waals surface area contributed by atoms with Crippen LogP contribution in [-0.4, -0.2) is 38.2 Å². The fourth-order valence-electron chi connectivity index (χ4n) is 2.87. The number of likely N-dealkylation sites (tertiary alicyclic amines) is 1. The second kappa shape index (κ2) is 6.20. The molecule has 0 N–H and O–H groups in total. The number of hydrogen-bond acceptors (Lipinski definition) is 4. The molecule has 0 spiro atoms. The van der Waals surface area contributed by atoms with E-state index in [0.717, 1.165) is 36.5 Å². The van der Waals surface area contributed by atoms with Crippen LogP contribution in [0.15, 0.2) is 17.8 Å². The maximum Gasteiger partial charge on any atom is 0.273 e. The van der Waals surface area contributed by atoms with Gasteiger partial charge in [0, 0.05) is 24.0 Å². The fourth-order valence-corrected chi connectivity index (χ4v) is 3.68. The van der Waals surface area contributed by atoms with Crippen molar-refractivity contribution in [2.24, 2.45) is 0 Å². The molecule has 0 unspecified atom stereocenters. The highest BCUT2D eigenvalue weighted by Crippen LogP contribution is 2.24. The van der Waals surface area contributed by atoms with E-state index in [0.29, 0.717) is 11.6 Å². The van der Waals surface area contributed by atoms with Gasteiger partial charge in [-0.1, -0.05) is 13.8 Å². The van der Waals surface area contributed by atoms with E-state index in [1.165, 1.54) is 0 Å². The van der Waals surface area contributed by atoms with Gasteiger partial charge in [0.05, 0.1) is 23.8 Å². The smallest absolute Gasteiger partial charge is 0.273 e. The van der Waals surface area contributed by atoms with Crippen molar-refractivity contribution in [1.82, 2.24) is 19.7 Å². The van der Waals surface area contributed by atoms with Crippen molar-refractivity contribution in [3.8, 4) is 0 Å². The molecule has 1 aliphatic heterocycles. The van der Waals surface area contributed by atoms with Crippen LogP contribution in [0.5, 0.6) is 0 Å². The zero-order chi connectivity index (χ0) is 15.7. The highest BCUT2D eigenvalue weighted by atomic mass is 32.1. The molecule has 0 bridgehead atoms. The average molecular weight is 318 g/mol. The third-order valence-corrected chi connectivity index (χ3v) is 5.18. The third-order valence-electron chi connectivity index (χ3n) is 4.03. The van der Waals surface area contributed by atoms with Crippen LogP contribution in [0.25, 0.3) is 0 Å². The topological polar surface area (TPSA) is 51.0 Å². The van der Waals surface area contributed by atoms with E-state index in [-0.39, 0.29) is 11.9 Å². The molecular weight excluding hydrogens is 296 g/mol. The summed E-state index contributed by atoms with van der Waals surface area (Å²) in [6.45, 7) is 7.82. The van der Waals surface area contributed by atoms with Crippen LogP contribution in [0.2, 0.25) is 0 Å². The molecular formula is C16H22N4OS. The van der Waals surface area contributed by atoms with Gasteiger partial charge in [-0.3, -0.25) is 9.48 Å². The first-order valence-corrected chi connectivity index (χ1v) is 8.68. The Kier molecular flexibility index (Phi) is 4.29. The molecule has 118 valence electrons. The van der Waals surface area contributed by atoms with Crippen molar-refractivity contribution in [1.29, 1.82) is 0 Å². The van der Waals surface area contributed by atoms with Crippen molar-refractivity contribution in [2.75, 3.05) is 6.54 Å².